The Morgan fingerprint density at radius 3 is 3.06 bits per heavy atom. The molecule has 1 aromatic heterocycles. The Kier molecular flexibility index (Phi) is 3.63. The molecule has 1 heterocycles. The number of nitrogens with one attached hydrogen (secondary N) is 1. The van der Waals surface area contributed by atoms with Gasteiger partial charge in [0.1, 0.15) is 5.52 Å². The number of rotatable bonds is 5. The molecule has 0 fully saturated rings. The van der Waals surface area contributed by atoms with Crippen LogP contribution in [0.3, 0.4) is 0 Å². The van der Waals surface area contributed by atoms with Crippen LogP contribution in [0.1, 0.15) is 19.4 Å². The van der Waals surface area contributed by atoms with Gasteiger partial charge in [0.05, 0.1) is 11.5 Å². The van der Waals surface area contributed by atoms with Crippen molar-refractivity contribution in [3.05, 3.63) is 30.2 Å². The summed E-state index contributed by atoms with van der Waals surface area (Å²) in [5.74, 6) is 0. The summed E-state index contributed by atoms with van der Waals surface area (Å²) in [4.78, 5) is 4.08. The third kappa shape index (κ3) is 3.08. The van der Waals surface area contributed by atoms with Crippen LogP contribution in [-0.2, 0) is 6.42 Å². The molecule has 0 saturated heterocycles. The molecular formula is C14H17N3O. The highest BCUT2D eigenvalue weighted by Gasteiger charge is 2.15. The number of fused-ring (bicyclic) bond motifs is 1. The highest BCUT2D eigenvalue weighted by atomic mass is 16.3. The van der Waals surface area contributed by atoms with E-state index in [0.29, 0.717) is 6.54 Å². The van der Waals surface area contributed by atoms with E-state index in [0.717, 1.165) is 24.1 Å². The van der Waals surface area contributed by atoms with Crippen LogP contribution in [0.2, 0.25) is 0 Å². The summed E-state index contributed by atoms with van der Waals surface area (Å²) in [6.45, 7) is 5.42. The van der Waals surface area contributed by atoms with Crippen molar-refractivity contribution in [2.45, 2.75) is 20.3 Å². The quantitative estimate of drug-likeness (QED) is 0.820. The molecule has 0 saturated carbocycles. The minimum absolute atomic E-state index is 0.311. The SMILES string of the molecule is CC(C)(C#N)CNCCc1ccc2ncoc2c1. The second-order valence-corrected chi connectivity index (χ2v) is 5.08. The smallest absolute Gasteiger partial charge is 0.181 e. The first-order valence-electron chi connectivity index (χ1n) is 6.05. The summed E-state index contributed by atoms with van der Waals surface area (Å²) in [5.41, 5.74) is 2.61. The monoisotopic (exact) mass is 243 g/mol. The summed E-state index contributed by atoms with van der Waals surface area (Å²) < 4.78 is 5.26. The van der Waals surface area contributed by atoms with Crippen molar-refractivity contribution in [1.82, 2.24) is 10.3 Å². The molecule has 0 bridgehead atoms. The number of hydrogen-bond acceptors (Lipinski definition) is 4. The third-order valence-electron chi connectivity index (χ3n) is 2.86. The van der Waals surface area contributed by atoms with Crippen molar-refractivity contribution >= 4 is 11.1 Å². The molecule has 1 N–H and O–H groups in total. The van der Waals surface area contributed by atoms with Crippen LogP contribution in [0, 0.1) is 16.7 Å². The second kappa shape index (κ2) is 5.19. The van der Waals surface area contributed by atoms with E-state index in [1.54, 1.807) is 0 Å². The van der Waals surface area contributed by atoms with Crippen molar-refractivity contribution < 1.29 is 4.42 Å². The standard InChI is InChI=1S/C14H17N3O/c1-14(2,8-15)9-16-6-5-11-3-4-12-13(7-11)18-10-17-12/h3-4,7,10,16H,5-6,9H2,1-2H3. The molecule has 0 radical (unpaired) electrons. The van der Waals surface area contributed by atoms with Crippen molar-refractivity contribution in [1.29, 1.82) is 5.26 Å². The average Bonchev–Trinajstić information content (AvgIpc) is 2.82. The zero-order valence-electron chi connectivity index (χ0n) is 10.7. The second-order valence-electron chi connectivity index (χ2n) is 5.08. The molecule has 0 aliphatic rings. The number of nitrogens with zero attached hydrogens (tertiary/aromatic N) is 2. The van der Waals surface area contributed by atoms with Crippen molar-refractivity contribution in [2.75, 3.05) is 13.1 Å². The van der Waals surface area contributed by atoms with Gasteiger partial charge in [0, 0.05) is 6.54 Å². The fourth-order valence-corrected chi connectivity index (χ4v) is 1.73. The molecule has 0 aliphatic heterocycles. The van der Waals surface area contributed by atoms with Crippen molar-refractivity contribution in [2.24, 2.45) is 5.41 Å². The van der Waals surface area contributed by atoms with Gasteiger partial charge in [-0.15, -0.1) is 0 Å². The Hall–Kier alpha value is -1.86. The van der Waals surface area contributed by atoms with Gasteiger partial charge < -0.3 is 9.73 Å². The molecule has 0 unspecified atom stereocenters. The summed E-state index contributed by atoms with van der Waals surface area (Å²) in [7, 11) is 0. The number of nitriles is 1. The van der Waals surface area contributed by atoms with Crippen LogP contribution in [0.15, 0.2) is 29.0 Å². The molecular weight excluding hydrogens is 226 g/mol. The number of aromatic nitrogens is 1. The maximum Gasteiger partial charge on any atom is 0.181 e. The van der Waals surface area contributed by atoms with E-state index in [1.807, 2.05) is 26.0 Å². The van der Waals surface area contributed by atoms with Crippen molar-refractivity contribution in [3.63, 3.8) is 0 Å². The lowest BCUT2D eigenvalue weighted by atomic mass is 9.96. The molecule has 0 aliphatic carbocycles. The summed E-state index contributed by atoms with van der Waals surface area (Å²) in [6, 6.07) is 8.31. The summed E-state index contributed by atoms with van der Waals surface area (Å²) >= 11 is 0. The van der Waals surface area contributed by atoms with Gasteiger partial charge in [-0.2, -0.15) is 5.26 Å². The van der Waals surface area contributed by atoms with Gasteiger partial charge in [-0.05, 0) is 44.5 Å². The van der Waals surface area contributed by atoms with Gasteiger partial charge in [0.15, 0.2) is 12.0 Å². The zero-order chi connectivity index (χ0) is 13.0. The van der Waals surface area contributed by atoms with Gasteiger partial charge >= 0.3 is 0 Å². The molecule has 18 heavy (non-hydrogen) atoms. The molecule has 4 nitrogen and oxygen atoms in total. The fourth-order valence-electron chi connectivity index (χ4n) is 1.73. The van der Waals surface area contributed by atoms with Gasteiger partial charge in [0.25, 0.3) is 0 Å². The predicted octanol–water partition coefficient (Wildman–Crippen LogP) is 2.51. The minimum Gasteiger partial charge on any atom is -0.443 e. The Labute approximate surface area is 107 Å². The molecule has 4 heteroatoms. The van der Waals surface area contributed by atoms with Crippen LogP contribution in [0.4, 0.5) is 0 Å². The molecule has 0 amide bonds. The van der Waals surface area contributed by atoms with Gasteiger partial charge in [-0.3, -0.25) is 0 Å². The van der Waals surface area contributed by atoms with Crippen LogP contribution < -0.4 is 5.32 Å². The molecule has 0 spiro atoms. The van der Waals surface area contributed by atoms with Crippen LogP contribution in [0.5, 0.6) is 0 Å². The highest BCUT2D eigenvalue weighted by molar-refractivity contribution is 5.72. The Morgan fingerprint density at radius 1 is 1.44 bits per heavy atom. The van der Waals surface area contributed by atoms with Crippen LogP contribution in [0.25, 0.3) is 11.1 Å². The number of hydrogen-bond donors (Lipinski definition) is 1. The summed E-state index contributed by atoms with van der Waals surface area (Å²) in [6.07, 6.45) is 2.38. The van der Waals surface area contributed by atoms with Gasteiger partial charge in [0.2, 0.25) is 0 Å². The van der Waals surface area contributed by atoms with Crippen LogP contribution in [-0.4, -0.2) is 18.1 Å². The van der Waals surface area contributed by atoms with Gasteiger partial charge in [-0.1, -0.05) is 6.07 Å². The van der Waals surface area contributed by atoms with E-state index >= 15 is 0 Å². The third-order valence-corrected chi connectivity index (χ3v) is 2.86. The first-order valence-corrected chi connectivity index (χ1v) is 6.05. The largest absolute Gasteiger partial charge is 0.443 e. The number of benzene rings is 1. The van der Waals surface area contributed by atoms with E-state index in [2.05, 4.69) is 22.4 Å². The highest BCUT2D eigenvalue weighted by Crippen LogP contribution is 2.14. The molecule has 2 aromatic rings. The molecule has 2 rings (SSSR count). The fraction of sp³-hybridized carbons (Fsp3) is 0.429. The average molecular weight is 243 g/mol. The molecule has 1 aromatic carbocycles. The maximum atomic E-state index is 8.90. The van der Waals surface area contributed by atoms with Gasteiger partial charge in [-0.25, -0.2) is 4.98 Å². The van der Waals surface area contributed by atoms with E-state index < -0.39 is 0 Å². The first kappa shape index (κ1) is 12.6. The van der Waals surface area contributed by atoms with E-state index in [1.165, 1.54) is 12.0 Å². The normalized spacial score (nSPS) is 11.6. The lowest BCUT2D eigenvalue weighted by Gasteiger charge is -2.15. The summed E-state index contributed by atoms with van der Waals surface area (Å²) in [5, 5.41) is 12.2. The number of oxazole rings is 1. The van der Waals surface area contributed by atoms with E-state index in [-0.39, 0.29) is 5.41 Å². The Morgan fingerprint density at radius 2 is 2.28 bits per heavy atom. The predicted molar refractivity (Wildman–Crippen MR) is 70.0 cm³/mol. The van der Waals surface area contributed by atoms with Crippen LogP contribution >= 0.6 is 0 Å². The first-order chi connectivity index (χ1) is 8.61. The Bertz CT molecular complexity index is 566. The van der Waals surface area contributed by atoms with Crippen molar-refractivity contribution in [3.8, 4) is 6.07 Å². The topological polar surface area (TPSA) is 61.9 Å². The minimum atomic E-state index is -0.311. The molecule has 0 atom stereocenters. The lowest BCUT2D eigenvalue weighted by Crippen LogP contribution is -2.29. The zero-order valence-corrected chi connectivity index (χ0v) is 10.7. The lowest BCUT2D eigenvalue weighted by molar-refractivity contribution is 0.447. The van der Waals surface area contributed by atoms with E-state index in [9.17, 15) is 0 Å². The maximum absolute atomic E-state index is 8.90. The molecule has 94 valence electrons. The Balaban J connectivity index is 1.85. The van der Waals surface area contributed by atoms with E-state index in [4.69, 9.17) is 9.68 Å².